The van der Waals surface area contributed by atoms with Crippen molar-refractivity contribution in [1.82, 2.24) is 20.5 Å². The van der Waals surface area contributed by atoms with Crippen LogP contribution in [0.25, 0.3) is 0 Å². The van der Waals surface area contributed by atoms with E-state index in [0.717, 1.165) is 16.2 Å². The first-order valence-electron chi connectivity index (χ1n) is 12.4. The number of hydrogen-bond acceptors (Lipinski definition) is 12. The van der Waals surface area contributed by atoms with E-state index in [-0.39, 0.29) is 40.4 Å². The normalized spacial score (nSPS) is 21.7. The molecule has 18 heteroatoms. The SMILES string of the molecule is COc1cc(NC=O)c[n+](CC2=C(C(=O)O)N3C(=O)[C@@H](NC(=O)C(=NO[C@H]4CCNC4=O)c4csc(N)n4)[C@@H]3SC2)c1. The predicted octanol–water partition coefficient (Wildman–Crippen LogP) is -1.36. The van der Waals surface area contributed by atoms with Gasteiger partial charge in [0.25, 0.3) is 17.7 Å². The van der Waals surface area contributed by atoms with Crippen molar-refractivity contribution >= 4 is 69.7 Å². The van der Waals surface area contributed by atoms with E-state index in [2.05, 4.69) is 26.1 Å². The lowest BCUT2D eigenvalue weighted by Crippen LogP contribution is -2.71. The van der Waals surface area contributed by atoms with Gasteiger partial charge in [0, 0.05) is 35.7 Å². The van der Waals surface area contributed by atoms with E-state index in [4.69, 9.17) is 15.3 Å². The van der Waals surface area contributed by atoms with E-state index < -0.39 is 35.3 Å². The summed E-state index contributed by atoms with van der Waals surface area (Å²) >= 11 is 2.35. The zero-order valence-corrected chi connectivity index (χ0v) is 23.6. The summed E-state index contributed by atoms with van der Waals surface area (Å²) in [7, 11) is 1.46. The van der Waals surface area contributed by atoms with Gasteiger partial charge in [-0.25, -0.2) is 9.78 Å². The zero-order valence-electron chi connectivity index (χ0n) is 21.9. The number of amides is 4. The number of β-lactam (4-membered cyclic amide) rings is 1. The Balaban J connectivity index is 1.35. The zero-order chi connectivity index (χ0) is 30.0. The van der Waals surface area contributed by atoms with Crippen LogP contribution in [0, 0.1) is 0 Å². The number of carbonyl (C=O) groups excluding carboxylic acids is 4. The third-order valence-corrected chi connectivity index (χ3v) is 8.53. The Morgan fingerprint density at radius 3 is 2.83 bits per heavy atom. The molecule has 16 nitrogen and oxygen atoms in total. The molecule has 2 saturated heterocycles. The summed E-state index contributed by atoms with van der Waals surface area (Å²) in [6, 6.07) is 0.544. The smallest absolute Gasteiger partial charge is 0.352 e. The van der Waals surface area contributed by atoms with Crippen molar-refractivity contribution < 1.29 is 43.2 Å². The molecule has 0 spiro atoms. The summed E-state index contributed by atoms with van der Waals surface area (Å²) in [5, 5.41) is 22.6. The fourth-order valence-electron chi connectivity index (χ4n) is 4.58. The number of ether oxygens (including phenoxy) is 1. The summed E-state index contributed by atoms with van der Waals surface area (Å²) in [6.45, 7) is 0.505. The molecule has 3 aliphatic heterocycles. The van der Waals surface area contributed by atoms with Gasteiger partial charge in [-0.15, -0.1) is 23.1 Å². The fraction of sp³-hybridized carbons (Fsp3) is 0.333. The van der Waals surface area contributed by atoms with Crippen LogP contribution in [-0.4, -0.2) is 87.7 Å². The molecular weight excluding hydrogens is 592 g/mol. The molecule has 5 heterocycles. The minimum Gasteiger partial charge on any atom is -0.491 e. The van der Waals surface area contributed by atoms with E-state index >= 15 is 0 Å². The van der Waals surface area contributed by atoms with Crippen LogP contribution in [0.5, 0.6) is 5.75 Å². The summed E-state index contributed by atoms with van der Waals surface area (Å²) in [5.41, 5.74) is 6.23. The van der Waals surface area contributed by atoms with Gasteiger partial charge in [-0.05, 0) is 0 Å². The van der Waals surface area contributed by atoms with Gasteiger partial charge in [-0.2, -0.15) is 4.57 Å². The number of fused-ring (bicyclic) bond motifs is 1. The van der Waals surface area contributed by atoms with Crippen LogP contribution < -0.4 is 31.0 Å². The number of carboxylic acid groups (broad SMARTS) is 1. The summed E-state index contributed by atoms with van der Waals surface area (Å²) in [6.07, 6.45) is 3.22. The van der Waals surface area contributed by atoms with Crippen molar-refractivity contribution in [1.29, 1.82) is 0 Å². The Kier molecular flexibility index (Phi) is 8.25. The molecule has 0 saturated carbocycles. The number of nitrogens with zero attached hydrogens (tertiary/aromatic N) is 4. The van der Waals surface area contributed by atoms with Crippen LogP contribution in [-0.2, 0) is 35.4 Å². The average molecular weight is 618 g/mol. The van der Waals surface area contributed by atoms with E-state index in [1.807, 2.05) is 0 Å². The lowest BCUT2D eigenvalue weighted by atomic mass is 10.0. The van der Waals surface area contributed by atoms with Crippen LogP contribution in [0.3, 0.4) is 0 Å². The molecule has 0 unspecified atom stereocenters. The molecule has 0 aliphatic carbocycles. The number of pyridine rings is 1. The fourth-order valence-corrected chi connectivity index (χ4v) is 6.46. The maximum atomic E-state index is 13.3. The first kappa shape index (κ1) is 28.8. The van der Waals surface area contributed by atoms with Crippen LogP contribution in [0.15, 0.2) is 40.3 Å². The summed E-state index contributed by atoms with van der Waals surface area (Å²) < 4.78 is 6.90. The second kappa shape index (κ2) is 12.0. The highest BCUT2D eigenvalue weighted by Gasteiger charge is 2.55. The van der Waals surface area contributed by atoms with E-state index in [1.165, 1.54) is 24.3 Å². The molecule has 5 rings (SSSR count). The number of nitrogens with two attached hydrogens (primary N) is 1. The molecule has 4 amide bonds. The van der Waals surface area contributed by atoms with Crippen LogP contribution >= 0.6 is 23.1 Å². The molecule has 2 fully saturated rings. The molecular formula is C24H25N8O8S2+. The number of anilines is 2. The number of nitrogen functional groups attached to an aromatic ring is 1. The van der Waals surface area contributed by atoms with Gasteiger partial charge in [-0.1, -0.05) is 5.16 Å². The number of thiazole rings is 1. The van der Waals surface area contributed by atoms with Crippen LogP contribution in [0.4, 0.5) is 10.8 Å². The number of thioether (sulfide) groups is 1. The molecule has 42 heavy (non-hydrogen) atoms. The number of carbonyl (C=O) groups is 5. The Bertz CT molecular complexity index is 1530. The van der Waals surface area contributed by atoms with Crippen LogP contribution in [0.2, 0.25) is 0 Å². The number of rotatable bonds is 11. The molecule has 2 aromatic heterocycles. The van der Waals surface area contributed by atoms with Gasteiger partial charge in [-0.3, -0.25) is 24.1 Å². The predicted molar refractivity (Wildman–Crippen MR) is 148 cm³/mol. The Morgan fingerprint density at radius 1 is 1.38 bits per heavy atom. The van der Waals surface area contributed by atoms with E-state index in [0.29, 0.717) is 36.4 Å². The minimum absolute atomic E-state index is 0.0977. The highest BCUT2D eigenvalue weighted by Crippen LogP contribution is 2.40. The third-order valence-electron chi connectivity index (χ3n) is 6.52. The van der Waals surface area contributed by atoms with Gasteiger partial charge in [0.2, 0.25) is 18.7 Å². The van der Waals surface area contributed by atoms with Crippen molar-refractivity contribution in [3.05, 3.63) is 40.8 Å². The van der Waals surface area contributed by atoms with E-state index in [1.54, 1.807) is 23.0 Å². The summed E-state index contributed by atoms with van der Waals surface area (Å²) in [4.78, 5) is 72.1. The third kappa shape index (κ3) is 5.70. The van der Waals surface area contributed by atoms with Gasteiger partial charge in [0.05, 0.1) is 7.11 Å². The molecule has 0 bridgehead atoms. The standard InChI is InChI=1S/C24H24N8O8S2/c1-39-13-4-12(27-10-33)6-31(7-13)5-11-8-41-22-17(21(36)32(22)18(11)23(37)38)29-20(35)16(14-9-42-24(25)28-14)30-40-15-2-3-26-19(15)34/h4,6-7,9-10,15,17,22H,2-3,5,8H2,1H3,(H5-,25,26,27,28,29,33,34,35,37,38)/p+1/t15-,17+,22-/m0/s1. The van der Waals surface area contributed by atoms with Crippen LogP contribution in [0.1, 0.15) is 12.1 Å². The first-order chi connectivity index (χ1) is 20.2. The number of methoxy groups -OCH3 is 1. The lowest BCUT2D eigenvalue weighted by Gasteiger charge is -2.49. The van der Waals surface area contributed by atoms with Crippen molar-refractivity contribution in [2.75, 3.05) is 30.5 Å². The molecule has 3 atom stereocenters. The van der Waals surface area contributed by atoms with E-state index in [9.17, 15) is 29.1 Å². The van der Waals surface area contributed by atoms with Crippen molar-refractivity contribution in [3.8, 4) is 5.75 Å². The molecule has 220 valence electrons. The number of nitrogens with one attached hydrogen (secondary N) is 3. The average Bonchev–Trinajstić information content (AvgIpc) is 3.58. The highest BCUT2D eigenvalue weighted by molar-refractivity contribution is 8.00. The largest absolute Gasteiger partial charge is 0.491 e. The number of carboxylic acids is 1. The van der Waals surface area contributed by atoms with Gasteiger partial charge >= 0.3 is 5.97 Å². The quantitative estimate of drug-likeness (QED) is 0.0652. The highest BCUT2D eigenvalue weighted by atomic mass is 32.2. The monoisotopic (exact) mass is 617 g/mol. The lowest BCUT2D eigenvalue weighted by molar-refractivity contribution is -0.688. The summed E-state index contributed by atoms with van der Waals surface area (Å²) in [5.74, 6) is -2.42. The Morgan fingerprint density at radius 2 is 2.19 bits per heavy atom. The first-order valence-corrected chi connectivity index (χ1v) is 14.3. The second-order valence-electron chi connectivity index (χ2n) is 9.20. The molecule has 0 aromatic carbocycles. The minimum atomic E-state index is -1.30. The van der Waals surface area contributed by atoms with Crippen molar-refractivity contribution in [2.24, 2.45) is 5.16 Å². The van der Waals surface area contributed by atoms with Gasteiger partial charge in [0.15, 0.2) is 29.3 Å². The van der Waals surface area contributed by atoms with Crippen molar-refractivity contribution in [2.45, 2.75) is 30.5 Å². The maximum absolute atomic E-state index is 13.3. The second-order valence-corrected chi connectivity index (χ2v) is 11.2. The number of oxime groups is 1. The molecule has 0 radical (unpaired) electrons. The number of hydrogen-bond donors (Lipinski definition) is 5. The molecule has 3 aliphatic rings. The topological polar surface area (TPSA) is 219 Å². The molecule has 6 N–H and O–H groups in total. The van der Waals surface area contributed by atoms with Crippen molar-refractivity contribution in [3.63, 3.8) is 0 Å². The van der Waals surface area contributed by atoms with Gasteiger partial charge < -0.3 is 36.4 Å². The number of aromatic nitrogens is 2. The maximum Gasteiger partial charge on any atom is 0.352 e. The van der Waals surface area contributed by atoms with Gasteiger partial charge in [0.1, 0.15) is 28.5 Å². The Labute approximate surface area is 245 Å². The number of aliphatic carboxylic acids is 1. The Hall–Kier alpha value is -4.71. The molecule has 2 aromatic rings.